The van der Waals surface area contributed by atoms with Gasteiger partial charge < -0.3 is 5.32 Å². The molecule has 146 valence electrons. The van der Waals surface area contributed by atoms with E-state index in [-0.39, 0.29) is 24.4 Å². The normalized spacial score (nSPS) is 11.0. The third-order valence-electron chi connectivity index (χ3n) is 4.88. The predicted molar refractivity (Wildman–Crippen MR) is 112 cm³/mol. The average molecular weight is 387 g/mol. The Labute approximate surface area is 167 Å². The van der Waals surface area contributed by atoms with E-state index in [0.717, 1.165) is 22.5 Å². The van der Waals surface area contributed by atoms with Crippen molar-refractivity contribution in [1.29, 1.82) is 0 Å². The van der Waals surface area contributed by atoms with Crippen molar-refractivity contribution in [3.63, 3.8) is 0 Å². The maximum Gasteiger partial charge on any atom is 0.264 e. The van der Waals surface area contributed by atoms with E-state index >= 15 is 0 Å². The molecular formula is C22H21N5O2. The number of hydrogen-bond acceptors (Lipinski definition) is 4. The third-order valence-corrected chi connectivity index (χ3v) is 4.88. The Morgan fingerprint density at radius 1 is 1.03 bits per heavy atom. The minimum atomic E-state index is -0.211. The molecule has 0 aliphatic rings. The van der Waals surface area contributed by atoms with Gasteiger partial charge in [0.15, 0.2) is 5.65 Å². The molecule has 0 aliphatic heterocycles. The van der Waals surface area contributed by atoms with E-state index in [9.17, 15) is 9.59 Å². The molecule has 2 aromatic heterocycles. The zero-order valence-electron chi connectivity index (χ0n) is 16.3. The monoisotopic (exact) mass is 387 g/mol. The summed E-state index contributed by atoms with van der Waals surface area (Å²) in [7, 11) is 0. The molecule has 7 nitrogen and oxygen atoms in total. The van der Waals surface area contributed by atoms with Gasteiger partial charge >= 0.3 is 0 Å². The Balaban J connectivity index is 1.53. The number of carbonyl (C=O) groups is 1. The first-order valence-corrected chi connectivity index (χ1v) is 9.39. The zero-order chi connectivity index (χ0) is 20.4. The van der Waals surface area contributed by atoms with E-state index in [2.05, 4.69) is 15.4 Å². The molecule has 0 atom stereocenters. The standard InChI is InChI=1S/C22H21N5O2/c1-15-7-6-8-16(2)20(15)25-19(28)11-12-26-14-23-21-18(22(26)29)13-24-27(21)17-9-4-3-5-10-17/h3-10,13-14H,11-12H2,1-2H3,(H,25,28). The fraction of sp³-hybridized carbons (Fsp3) is 0.182. The van der Waals surface area contributed by atoms with Crippen molar-refractivity contribution < 1.29 is 4.79 Å². The van der Waals surface area contributed by atoms with E-state index in [1.807, 2.05) is 62.4 Å². The van der Waals surface area contributed by atoms with Crippen molar-refractivity contribution in [3.8, 4) is 5.69 Å². The number of nitrogens with zero attached hydrogens (tertiary/aromatic N) is 4. The largest absolute Gasteiger partial charge is 0.326 e. The van der Waals surface area contributed by atoms with Crippen molar-refractivity contribution >= 4 is 22.6 Å². The van der Waals surface area contributed by atoms with Gasteiger partial charge in [-0.1, -0.05) is 36.4 Å². The maximum absolute atomic E-state index is 12.8. The predicted octanol–water partition coefficient (Wildman–Crippen LogP) is 3.23. The van der Waals surface area contributed by atoms with Gasteiger partial charge in [-0.05, 0) is 37.1 Å². The second kappa shape index (κ2) is 7.71. The summed E-state index contributed by atoms with van der Waals surface area (Å²) in [6, 6.07) is 15.4. The summed E-state index contributed by atoms with van der Waals surface area (Å²) in [5, 5.41) is 7.66. The first kappa shape index (κ1) is 18.6. The average Bonchev–Trinajstić information content (AvgIpc) is 3.16. The molecular weight excluding hydrogens is 366 g/mol. The molecule has 0 bridgehead atoms. The number of rotatable bonds is 5. The van der Waals surface area contributed by atoms with Gasteiger partial charge in [0.2, 0.25) is 5.91 Å². The molecule has 1 N–H and O–H groups in total. The molecule has 0 aliphatic carbocycles. The van der Waals surface area contributed by atoms with Crippen molar-refractivity contribution in [2.24, 2.45) is 0 Å². The highest BCUT2D eigenvalue weighted by molar-refractivity contribution is 5.92. The van der Waals surface area contributed by atoms with Crippen LogP contribution in [0.5, 0.6) is 0 Å². The summed E-state index contributed by atoms with van der Waals surface area (Å²) in [6.07, 6.45) is 3.16. The van der Waals surface area contributed by atoms with E-state index in [0.29, 0.717) is 11.0 Å². The Bertz CT molecular complexity index is 1220. The summed E-state index contributed by atoms with van der Waals surface area (Å²) < 4.78 is 3.08. The van der Waals surface area contributed by atoms with Crippen molar-refractivity contribution in [2.75, 3.05) is 5.32 Å². The quantitative estimate of drug-likeness (QED) is 0.570. The first-order valence-electron chi connectivity index (χ1n) is 9.39. The van der Waals surface area contributed by atoms with E-state index < -0.39 is 0 Å². The molecule has 7 heteroatoms. The molecule has 0 saturated heterocycles. The molecule has 0 saturated carbocycles. The molecule has 2 aromatic carbocycles. The van der Waals surface area contributed by atoms with Gasteiger partial charge in [0.25, 0.3) is 5.56 Å². The Hall–Kier alpha value is -3.74. The number of anilines is 1. The number of aromatic nitrogens is 4. The van der Waals surface area contributed by atoms with Crippen LogP contribution in [0.2, 0.25) is 0 Å². The number of benzene rings is 2. The second-order valence-corrected chi connectivity index (χ2v) is 6.94. The summed E-state index contributed by atoms with van der Waals surface area (Å²) in [4.78, 5) is 29.6. The smallest absolute Gasteiger partial charge is 0.264 e. The highest BCUT2D eigenvalue weighted by atomic mass is 16.2. The number of aryl methyl sites for hydroxylation is 3. The van der Waals surface area contributed by atoms with Crippen LogP contribution < -0.4 is 10.9 Å². The molecule has 0 fully saturated rings. The van der Waals surface area contributed by atoms with Gasteiger partial charge in [-0.3, -0.25) is 14.2 Å². The van der Waals surface area contributed by atoms with Gasteiger partial charge in [-0.15, -0.1) is 0 Å². The summed E-state index contributed by atoms with van der Waals surface area (Å²) >= 11 is 0. The summed E-state index contributed by atoms with van der Waals surface area (Å²) in [5.74, 6) is -0.144. The van der Waals surface area contributed by atoms with Crippen LogP contribution in [0, 0.1) is 13.8 Å². The van der Waals surface area contributed by atoms with Gasteiger partial charge in [0, 0.05) is 18.7 Å². The lowest BCUT2D eigenvalue weighted by molar-refractivity contribution is -0.116. The van der Waals surface area contributed by atoms with Gasteiger partial charge in [0.05, 0.1) is 18.2 Å². The second-order valence-electron chi connectivity index (χ2n) is 6.94. The van der Waals surface area contributed by atoms with Crippen LogP contribution in [-0.4, -0.2) is 25.2 Å². The number of carbonyl (C=O) groups excluding carboxylic acids is 1. The zero-order valence-corrected chi connectivity index (χ0v) is 16.3. The number of fused-ring (bicyclic) bond motifs is 1. The minimum absolute atomic E-state index is 0.144. The first-order chi connectivity index (χ1) is 14.0. The van der Waals surface area contributed by atoms with Crippen LogP contribution in [-0.2, 0) is 11.3 Å². The van der Waals surface area contributed by atoms with E-state index in [1.54, 1.807) is 4.68 Å². The molecule has 1 amide bonds. The molecule has 0 spiro atoms. The number of amides is 1. The molecule has 0 radical (unpaired) electrons. The third kappa shape index (κ3) is 3.67. The van der Waals surface area contributed by atoms with Crippen LogP contribution in [0.1, 0.15) is 17.5 Å². The van der Waals surface area contributed by atoms with Crippen LogP contribution in [0.25, 0.3) is 16.7 Å². The lowest BCUT2D eigenvalue weighted by Crippen LogP contribution is -2.24. The fourth-order valence-electron chi connectivity index (χ4n) is 3.30. The molecule has 2 heterocycles. The van der Waals surface area contributed by atoms with E-state index in [4.69, 9.17) is 0 Å². The maximum atomic E-state index is 12.8. The van der Waals surface area contributed by atoms with Crippen molar-refractivity contribution in [1.82, 2.24) is 19.3 Å². The Morgan fingerprint density at radius 2 is 1.76 bits per heavy atom. The van der Waals surface area contributed by atoms with Crippen LogP contribution in [0.3, 0.4) is 0 Å². The van der Waals surface area contributed by atoms with Gasteiger partial charge in [-0.25, -0.2) is 9.67 Å². The van der Waals surface area contributed by atoms with E-state index in [1.165, 1.54) is 17.1 Å². The molecule has 4 aromatic rings. The highest BCUT2D eigenvalue weighted by Crippen LogP contribution is 2.19. The van der Waals surface area contributed by atoms with Crippen LogP contribution in [0.4, 0.5) is 5.69 Å². The topological polar surface area (TPSA) is 81.8 Å². The lowest BCUT2D eigenvalue weighted by Gasteiger charge is -2.12. The number of para-hydroxylation sites is 2. The van der Waals surface area contributed by atoms with Crippen LogP contribution >= 0.6 is 0 Å². The van der Waals surface area contributed by atoms with Gasteiger partial charge in [-0.2, -0.15) is 5.10 Å². The Morgan fingerprint density at radius 3 is 2.48 bits per heavy atom. The van der Waals surface area contributed by atoms with Crippen molar-refractivity contribution in [2.45, 2.75) is 26.8 Å². The SMILES string of the molecule is Cc1cccc(C)c1NC(=O)CCn1cnc2c(cnn2-c2ccccc2)c1=O. The molecule has 0 unspecified atom stereocenters. The Kier molecular flexibility index (Phi) is 4.95. The van der Waals surface area contributed by atoms with Crippen LogP contribution in [0.15, 0.2) is 65.8 Å². The fourth-order valence-corrected chi connectivity index (χ4v) is 3.30. The summed E-state index contributed by atoms with van der Waals surface area (Å²) in [5.41, 5.74) is 3.95. The highest BCUT2D eigenvalue weighted by Gasteiger charge is 2.13. The summed E-state index contributed by atoms with van der Waals surface area (Å²) in [6.45, 7) is 4.15. The number of hydrogen-bond donors (Lipinski definition) is 1. The van der Waals surface area contributed by atoms with Crippen molar-refractivity contribution in [3.05, 3.63) is 82.5 Å². The minimum Gasteiger partial charge on any atom is -0.326 e. The van der Waals surface area contributed by atoms with Gasteiger partial charge in [0.1, 0.15) is 5.39 Å². The molecule has 29 heavy (non-hydrogen) atoms. The molecule has 4 rings (SSSR count). The lowest BCUT2D eigenvalue weighted by atomic mass is 10.1. The number of nitrogens with one attached hydrogen (secondary N) is 1.